The van der Waals surface area contributed by atoms with Crippen molar-refractivity contribution in [1.82, 2.24) is 5.32 Å². The van der Waals surface area contributed by atoms with E-state index in [9.17, 15) is 5.11 Å². The van der Waals surface area contributed by atoms with Gasteiger partial charge in [0.1, 0.15) is 5.75 Å². The highest BCUT2D eigenvalue weighted by Crippen LogP contribution is 2.30. The first-order chi connectivity index (χ1) is 11.8. The molecule has 0 spiro atoms. The summed E-state index contributed by atoms with van der Waals surface area (Å²) in [6, 6.07) is 17.1. The second kappa shape index (κ2) is 6.83. The van der Waals surface area contributed by atoms with Crippen LogP contribution >= 0.6 is 11.3 Å². The zero-order valence-corrected chi connectivity index (χ0v) is 14.4. The molecule has 0 radical (unpaired) electrons. The fraction of sp³-hybridized carbons (Fsp3) is 0.300. The first-order valence-electron chi connectivity index (χ1n) is 8.52. The Balaban J connectivity index is 1.68. The minimum Gasteiger partial charge on any atom is -0.508 e. The van der Waals surface area contributed by atoms with Gasteiger partial charge in [0.2, 0.25) is 0 Å². The van der Waals surface area contributed by atoms with E-state index in [-0.39, 0.29) is 0 Å². The highest BCUT2D eigenvalue weighted by Gasteiger charge is 2.22. The van der Waals surface area contributed by atoms with Crippen molar-refractivity contribution in [3.63, 3.8) is 0 Å². The molecule has 2 aromatic carbocycles. The molecule has 0 aliphatic carbocycles. The average Bonchev–Trinajstić information content (AvgIpc) is 3.08. The second-order valence-corrected chi connectivity index (χ2v) is 7.37. The summed E-state index contributed by atoms with van der Waals surface area (Å²) in [5, 5.41) is 16.7. The molecule has 3 aromatic rings. The number of hydrogen-bond acceptors (Lipinski definition) is 4. The van der Waals surface area contributed by atoms with Crippen molar-refractivity contribution in [3.05, 3.63) is 59.5 Å². The highest BCUT2D eigenvalue weighted by atomic mass is 32.1. The van der Waals surface area contributed by atoms with E-state index in [1.165, 1.54) is 15.8 Å². The number of anilines is 1. The molecule has 0 atom stereocenters. The number of fused-ring (bicyclic) bond motifs is 1. The number of thiophene rings is 1. The van der Waals surface area contributed by atoms with Crippen molar-refractivity contribution in [3.8, 4) is 5.75 Å². The minimum atomic E-state index is 0.339. The van der Waals surface area contributed by atoms with E-state index in [1.807, 2.05) is 12.1 Å². The minimum absolute atomic E-state index is 0.339. The van der Waals surface area contributed by atoms with Crippen LogP contribution in [0.2, 0.25) is 0 Å². The fourth-order valence-corrected chi connectivity index (χ4v) is 4.30. The van der Waals surface area contributed by atoms with E-state index in [0.717, 1.165) is 38.0 Å². The largest absolute Gasteiger partial charge is 0.508 e. The summed E-state index contributed by atoms with van der Waals surface area (Å²) in [5.74, 6) is 0.339. The molecule has 3 nitrogen and oxygen atoms in total. The van der Waals surface area contributed by atoms with Gasteiger partial charge in [-0.3, -0.25) is 0 Å². The monoisotopic (exact) mass is 338 g/mol. The lowest BCUT2D eigenvalue weighted by Gasteiger charge is -2.36. The normalized spacial score (nSPS) is 15.7. The summed E-state index contributed by atoms with van der Waals surface area (Å²) >= 11 is 1.79. The first-order valence-corrected chi connectivity index (χ1v) is 9.40. The Hall–Kier alpha value is -2.04. The Kier molecular flexibility index (Phi) is 4.41. The Morgan fingerprint density at radius 2 is 1.96 bits per heavy atom. The van der Waals surface area contributed by atoms with E-state index in [1.54, 1.807) is 17.4 Å². The van der Waals surface area contributed by atoms with Crippen LogP contribution in [0.1, 0.15) is 18.4 Å². The lowest BCUT2D eigenvalue weighted by molar-refractivity contribution is 0.427. The number of piperidine rings is 1. The average molecular weight is 338 g/mol. The van der Waals surface area contributed by atoms with Crippen molar-refractivity contribution in [2.45, 2.75) is 25.4 Å². The maximum atomic E-state index is 9.79. The molecular formula is C20H22N2OS. The van der Waals surface area contributed by atoms with Gasteiger partial charge < -0.3 is 15.3 Å². The molecule has 4 heteroatoms. The molecule has 1 aliphatic heterocycles. The van der Waals surface area contributed by atoms with Gasteiger partial charge in [-0.2, -0.15) is 0 Å². The summed E-state index contributed by atoms with van der Waals surface area (Å²) in [7, 11) is 0. The van der Waals surface area contributed by atoms with Crippen LogP contribution in [0.4, 0.5) is 5.69 Å². The third-order valence-electron chi connectivity index (χ3n) is 4.78. The number of phenols is 1. The molecular weight excluding hydrogens is 316 g/mol. The molecule has 0 bridgehead atoms. The maximum absolute atomic E-state index is 9.79. The van der Waals surface area contributed by atoms with Crippen LogP contribution in [0.5, 0.6) is 5.75 Å². The van der Waals surface area contributed by atoms with Crippen LogP contribution < -0.4 is 10.2 Å². The van der Waals surface area contributed by atoms with Crippen molar-refractivity contribution < 1.29 is 5.11 Å². The van der Waals surface area contributed by atoms with Gasteiger partial charge >= 0.3 is 0 Å². The Morgan fingerprint density at radius 3 is 2.79 bits per heavy atom. The predicted octanol–water partition coefficient (Wildman–Crippen LogP) is 4.37. The van der Waals surface area contributed by atoms with Gasteiger partial charge in [0, 0.05) is 23.0 Å². The summed E-state index contributed by atoms with van der Waals surface area (Å²) in [6.07, 6.45) is 2.31. The SMILES string of the molecule is Oc1cccc(CN(c2ccc3sccc3c2)C2CCNCC2)c1. The fourth-order valence-electron chi connectivity index (χ4n) is 3.53. The molecule has 1 saturated heterocycles. The van der Waals surface area contributed by atoms with Crippen molar-refractivity contribution >= 4 is 27.1 Å². The standard InChI is InChI=1S/C20H22N2OS/c23-19-3-1-2-15(12-19)14-22(17-6-9-21-10-7-17)18-4-5-20-16(13-18)8-11-24-20/h1-5,8,11-13,17,21,23H,6-7,9-10,14H2. The van der Waals surface area contributed by atoms with Crippen molar-refractivity contribution in [2.75, 3.05) is 18.0 Å². The van der Waals surface area contributed by atoms with Crippen LogP contribution in [0.25, 0.3) is 10.1 Å². The van der Waals surface area contributed by atoms with Crippen molar-refractivity contribution in [1.29, 1.82) is 0 Å². The van der Waals surface area contributed by atoms with E-state index >= 15 is 0 Å². The molecule has 1 fully saturated rings. The number of hydrogen-bond donors (Lipinski definition) is 2. The van der Waals surface area contributed by atoms with E-state index < -0.39 is 0 Å². The third-order valence-corrected chi connectivity index (χ3v) is 5.68. The Bertz CT molecular complexity index is 823. The number of phenolic OH excluding ortho intramolecular Hbond substituents is 1. The van der Waals surface area contributed by atoms with E-state index in [4.69, 9.17) is 0 Å². The van der Waals surface area contributed by atoms with Gasteiger partial charge in [-0.15, -0.1) is 11.3 Å². The molecule has 24 heavy (non-hydrogen) atoms. The van der Waals surface area contributed by atoms with Crippen LogP contribution in [0, 0.1) is 0 Å². The number of nitrogens with one attached hydrogen (secondary N) is 1. The van der Waals surface area contributed by atoms with Gasteiger partial charge in [0.15, 0.2) is 0 Å². The number of benzene rings is 2. The number of nitrogens with zero attached hydrogens (tertiary/aromatic N) is 1. The summed E-state index contributed by atoms with van der Waals surface area (Å²) in [6.45, 7) is 2.97. The maximum Gasteiger partial charge on any atom is 0.115 e. The molecule has 1 aliphatic rings. The lowest BCUT2D eigenvalue weighted by atomic mass is 10.0. The summed E-state index contributed by atoms with van der Waals surface area (Å²) in [4.78, 5) is 2.51. The molecule has 4 rings (SSSR count). The lowest BCUT2D eigenvalue weighted by Crippen LogP contribution is -2.43. The topological polar surface area (TPSA) is 35.5 Å². The quantitative estimate of drug-likeness (QED) is 0.742. The predicted molar refractivity (Wildman–Crippen MR) is 102 cm³/mol. The highest BCUT2D eigenvalue weighted by molar-refractivity contribution is 7.17. The van der Waals surface area contributed by atoms with Gasteiger partial charge in [-0.05, 0) is 78.7 Å². The summed E-state index contributed by atoms with van der Waals surface area (Å²) < 4.78 is 1.33. The number of rotatable bonds is 4. The van der Waals surface area contributed by atoms with Crippen LogP contribution in [-0.2, 0) is 6.54 Å². The van der Waals surface area contributed by atoms with Crippen molar-refractivity contribution in [2.24, 2.45) is 0 Å². The van der Waals surface area contributed by atoms with Gasteiger partial charge in [0.05, 0.1) is 0 Å². The second-order valence-electron chi connectivity index (χ2n) is 6.42. The third kappa shape index (κ3) is 3.25. The number of aromatic hydroxyl groups is 1. The summed E-state index contributed by atoms with van der Waals surface area (Å²) in [5.41, 5.74) is 2.43. The molecule has 124 valence electrons. The van der Waals surface area contributed by atoms with Crippen LogP contribution in [0.3, 0.4) is 0 Å². The van der Waals surface area contributed by atoms with Gasteiger partial charge in [0.25, 0.3) is 0 Å². The van der Waals surface area contributed by atoms with E-state index in [0.29, 0.717) is 11.8 Å². The van der Waals surface area contributed by atoms with E-state index in [2.05, 4.69) is 45.9 Å². The zero-order valence-electron chi connectivity index (χ0n) is 13.6. The smallest absolute Gasteiger partial charge is 0.115 e. The van der Waals surface area contributed by atoms with Gasteiger partial charge in [-0.25, -0.2) is 0 Å². The first kappa shape index (κ1) is 15.5. The Morgan fingerprint density at radius 1 is 1.08 bits per heavy atom. The van der Waals surface area contributed by atoms with Gasteiger partial charge in [-0.1, -0.05) is 12.1 Å². The zero-order chi connectivity index (χ0) is 16.4. The molecule has 0 unspecified atom stereocenters. The molecule has 0 saturated carbocycles. The molecule has 0 amide bonds. The molecule has 2 heterocycles. The van der Waals surface area contributed by atoms with Crippen LogP contribution in [-0.4, -0.2) is 24.2 Å². The molecule has 2 N–H and O–H groups in total. The Labute approximate surface area is 146 Å². The van der Waals surface area contributed by atoms with Crippen LogP contribution in [0.15, 0.2) is 53.9 Å². The molecule has 1 aromatic heterocycles.